The second kappa shape index (κ2) is 4.54. The molecular formula is C12H16F2. The van der Waals surface area contributed by atoms with Crippen molar-refractivity contribution in [3.63, 3.8) is 0 Å². The lowest BCUT2D eigenvalue weighted by atomic mass is 9.99. The molecule has 0 radical (unpaired) electrons. The van der Waals surface area contributed by atoms with Crippen LogP contribution in [-0.2, 0) is 19.3 Å². The molecule has 0 amide bonds. The average Bonchev–Trinajstić information content (AvgIpc) is 2.19. The largest absolute Gasteiger partial charge is 0.206 e. The standard InChI is InChI=1S/C12H16F2/c1-4-8-7-9(5-2)12(14)10(6-3)11(8)13/h7H,4-6H2,1-3H3. The van der Waals surface area contributed by atoms with Crippen molar-refractivity contribution < 1.29 is 8.78 Å². The molecule has 0 aromatic heterocycles. The van der Waals surface area contributed by atoms with Gasteiger partial charge in [-0.25, -0.2) is 8.78 Å². The zero-order chi connectivity index (χ0) is 10.7. The molecule has 14 heavy (non-hydrogen) atoms. The highest BCUT2D eigenvalue weighted by Gasteiger charge is 2.14. The van der Waals surface area contributed by atoms with Gasteiger partial charge in [-0.2, -0.15) is 0 Å². The second-order valence-corrected chi connectivity index (χ2v) is 3.36. The first kappa shape index (κ1) is 11.2. The van der Waals surface area contributed by atoms with Gasteiger partial charge in [0.05, 0.1) is 0 Å². The Balaban J connectivity index is 3.39. The van der Waals surface area contributed by atoms with Crippen LogP contribution < -0.4 is 0 Å². The average molecular weight is 198 g/mol. The Bertz CT molecular complexity index is 301. The minimum Gasteiger partial charge on any atom is -0.206 e. The smallest absolute Gasteiger partial charge is 0.132 e. The quantitative estimate of drug-likeness (QED) is 0.695. The molecule has 0 atom stereocenters. The summed E-state index contributed by atoms with van der Waals surface area (Å²) < 4.78 is 27.2. The van der Waals surface area contributed by atoms with Gasteiger partial charge in [0.25, 0.3) is 0 Å². The van der Waals surface area contributed by atoms with Crippen LogP contribution in [-0.4, -0.2) is 0 Å². The van der Waals surface area contributed by atoms with Gasteiger partial charge < -0.3 is 0 Å². The molecule has 0 unspecified atom stereocenters. The normalized spacial score (nSPS) is 10.6. The summed E-state index contributed by atoms with van der Waals surface area (Å²) in [5, 5.41) is 0. The summed E-state index contributed by atoms with van der Waals surface area (Å²) in [7, 11) is 0. The topological polar surface area (TPSA) is 0 Å². The van der Waals surface area contributed by atoms with Crippen molar-refractivity contribution >= 4 is 0 Å². The number of halogens is 2. The molecule has 0 N–H and O–H groups in total. The molecule has 0 heterocycles. The van der Waals surface area contributed by atoms with E-state index in [0.717, 1.165) is 0 Å². The first-order valence-electron chi connectivity index (χ1n) is 5.14. The van der Waals surface area contributed by atoms with Gasteiger partial charge in [0.2, 0.25) is 0 Å². The van der Waals surface area contributed by atoms with E-state index in [0.29, 0.717) is 30.4 Å². The maximum absolute atomic E-state index is 13.6. The molecule has 2 heteroatoms. The Morgan fingerprint density at radius 3 is 1.57 bits per heavy atom. The fourth-order valence-corrected chi connectivity index (χ4v) is 1.65. The lowest BCUT2D eigenvalue weighted by molar-refractivity contribution is 0.541. The Morgan fingerprint density at radius 1 is 0.857 bits per heavy atom. The van der Waals surface area contributed by atoms with Gasteiger partial charge >= 0.3 is 0 Å². The van der Waals surface area contributed by atoms with Crippen LogP contribution in [0.25, 0.3) is 0 Å². The van der Waals surface area contributed by atoms with Crippen LogP contribution >= 0.6 is 0 Å². The fraction of sp³-hybridized carbons (Fsp3) is 0.500. The minimum absolute atomic E-state index is 0.237. The van der Waals surface area contributed by atoms with Crippen LogP contribution in [0.4, 0.5) is 8.78 Å². The van der Waals surface area contributed by atoms with Crippen molar-refractivity contribution in [3.8, 4) is 0 Å². The highest BCUT2D eigenvalue weighted by Crippen LogP contribution is 2.22. The lowest BCUT2D eigenvalue weighted by Crippen LogP contribution is -2.03. The zero-order valence-electron chi connectivity index (χ0n) is 8.95. The lowest BCUT2D eigenvalue weighted by Gasteiger charge is -2.10. The van der Waals surface area contributed by atoms with Crippen molar-refractivity contribution in [2.24, 2.45) is 0 Å². The highest BCUT2D eigenvalue weighted by molar-refractivity contribution is 5.34. The predicted molar refractivity (Wildman–Crippen MR) is 54.5 cm³/mol. The molecule has 0 spiro atoms. The van der Waals surface area contributed by atoms with Gasteiger partial charge in [0.15, 0.2) is 0 Å². The molecule has 1 aromatic rings. The number of hydrogen-bond donors (Lipinski definition) is 0. The third kappa shape index (κ3) is 1.79. The van der Waals surface area contributed by atoms with E-state index in [1.54, 1.807) is 13.0 Å². The SMILES string of the molecule is CCc1cc(CC)c(F)c(CC)c1F. The van der Waals surface area contributed by atoms with E-state index >= 15 is 0 Å². The first-order valence-corrected chi connectivity index (χ1v) is 5.14. The monoisotopic (exact) mass is 198 g/mol. The van der Waals surface area contributed by atoms with Crippen molar-refractivity contribution in [1.82, 2.24) is 0 Å². The summed E-state index contributed by atoms with van der Waals surface area (Å²) in [5.41, 5.74) is 1.49. The van der Waals surface area contributed by atoms with E-state index < -0.39 is 0 Å². The van der Waals surface area contributed by atoms with Gasteiger partial charge in [0, 0.05) is 5.56 Å². The summed E-state index contributed by atoms with van der Waals surface area (Å²) in [6, 6.07) is 1.64. The van der Waals surface area contributed by atoms with Crippen molar-refractivity contribution in [1.29, 1.82) is 0 Å². The molecule has 0 saturated carbocycles. The minimum atomic E-state index is -0.357. The van der Waals surface area contributed by atoms with Crippen LogP contribution in [0.15, 0.2) is 6.07 Å². The van der Waals surface area contributed by atoms with Gasteiger partial charge in [0.1, 0.15) is 11.6 Å². The number of hydrogen-bond acceptors (Lipinski definition) is 0. The number of aryl methyl sites for hydroxylation is 2. The summed E-state index contributed by atoms with van der Waals surface area (Å²) in [6.07, 6.45) is 1.65. The molecule has 1 rings (SSSR count). The molecule has 0 saturated heterocycles. The Kier molecular flexibility index (Phi) is 3.62. The fourth-order valence-electron chi connectivity index (χ4n) is 1.65. The van der Waals surface area contributed by atoms with E-state index in [1.807, 2.05) is 13.8 Å². The molecule has 0 aliphatic rings. The molecule has 0 aliphatic carbocycles. The summed E-state index contributed by atoms with van der Waals surface area (Å²) in [4.78, 5) is 0. The maximum atomic E-state index is 13.6. The highest BCUT2D eigenvalue weighted by atomic mass is 19.1. The van der Waals surface area contributed by atoms with Crippen molar-refractivity contribution in [2.45, 2.75) is 40.0 Å². The molecule has 0 nitrogen and oxygen atoms in total. The van der Waals surface area contributed by atoms with Crippen LogP contribution in [0, 0.1) is 11.6 Å². The summed E-state index contributed by atoms with van der Waals surface area (Å²) >= 11 is 0. The maximum Gasteiger partial charge on any atom is 0.132 e. The van der Waals surface area contributed by atoms with Gasteiger partial charge in [-0.15, -0.1) is 0 Å². The first-order chi connectivity index (χ1) is 6.65. The molecule has 1 aromatic carbocycles. The summed E-state index contributed by atoms with van der Waals surface area (Å²) in [5.74, 6) is -0.714. The molecule has 0 bridgehead atoms. The van der Waals surface area contributed by atoms with Gasteiger partial charge in [-0.05, 0) is 36.5 Å². The molecule has 78 valence electrons. The Labute approximate surface area is 84.0 Å². The Morgan fingerprint density at radius 2 is 1.29 bits per heavy atom. The van der Waals surface area contributed by atoms with Crippen LogP contribution in [0.2, 0.25) is 0 Å². The van der Waals surface area contributed by atoms with Crippen molar-refractivity contribution in [2.75, 3.05) is 0 Å². The second-order valence-electron chi connectivity index (χ2n) is 3.36. The van der Waals surface area contributed by atoms with Gasteiger partial charge in [-0.1, -0.05) is 20.8 Å². The van der Waals surface area contributed by atoms with Crippen molar-refractivity contribution in [3.05, 3.63) is 34.4 Å². The van der Waals surface area contributed by atoms with Crippen LogP contribution in [0.5, 0.6) is 0 Å². The van der Waals surface area contributed by atoms with E-state index in [-0.39, 0.29) is 17.2 Å². The predicted octanol–water partition coefficient (Wildman–Crippen LogP) is 3.65. The van der Waals surface area contributed by atoms with E-state index in [4.69, 9.17) is 0 Å². The zero-order valence-corrected chi connectivity index (χ0v) is 8.95. The third-order valence-corrected chi connectivity index (χ3v) is 2.56. The third-order valence-electron chi connectivity index (χ3n) is 2.56. The van der Waals surface area contributed by atoms with E-state index in [9.17, 15) is 8.78 Å². The number of benzene rings is 1. The molecular weight excluding hydrogens is 182 g/mol. The van der Waals surface area contributed by atoms with Crippen LogP contribution in [0.3, 0.4) is 0 Å². The number of rotatable bonds is 3. The van der Waals surface area contributed by atoms with E-state index in [1.165, 1.54) is 0 Å². The summed E-state index contributed by atoms with van der Waals surface area (Å²) in [6.45, 7) is 5.55. The Hall–Kier alpha value is -0.920. The molecule has 0 aliphatic heterocycles. The van der Waals surface area contributed by atoms with Gasteiger partial charge in [-0.3, -0.25) is 0 Å². The van der Waals surface area contributed by atoms with Crippen LogP contribution in [0.1, 0.15) is 37.5 Å². The van der Waals surface area contributed by atoms with E-state index in [2.05, 4.69) is 0 Å². The molecule has 0 fully saturated rings.